The minimum absolute atomic E-state index is 0.196. The molecule has 0 aliphatic heterocycles. The van der Waals surface area contributed by atoms with Crippen molar-refractivity contribution in [1.29, 1.82) is 0 Å². The van der Waals surface area contributed by atoms with E-state index in [4.69, 9.17) is 9.47 Å². The van der Waals surface area contributed by atoms with Crippen molar-refractivity contribution in [2.75, 3.05) is 14.2 Å². The maximum Gasteiger partial charge on any atom is 0.244 e. The zero-order valence-electron chi connectivity index (χ0n) is 18.1. The molecule has 0 aliphatic carbocycles. The van der Waals surface area contributed by atoms with E-state index in [0.29, 0.717) is 11.5 Å². The van der Waals surface area contributed by atoms with Gasteiger partial charge in [0.15, 0.2) is 11.5 Å². The number of nitrogens with zero attached hydrogens (tertiary/aromatic N) is 2. The summed E-state index contributed by atoms with van der Waals surface area (Å²) in [5, 5.41) is 3.91. The van der Waals surface area contributed by atoms with E-state index in [1.807, 2.05) is 49.5 Å². The molecule has 1 aromatic carbocycles. The third kappa shape index (κ3) is 4.46. The monoisotopic (exact) mass is 428 g/mol. The number of fused-ring (bicyclic) bond motifs is 1. The highest BCUT2D eigenvalue weighted by Gasteiger charge is 2.12. The summed E-state index contributed by atoms with van der Waals surface area (Å²) in [7, 11) is 3.18. The van der Waals surface area contributed by atoms with E-state index in [9.17, 15) is 4.79 Å². The molecule has 1 amide bonds. The highest BCUT2D eigenvalue weighted by molar-refractivity contribution is 5.96. The maximum absolute atomic E-state index is 12.5. The van der Waals surface area contributed by atoms with E-state index in [1.54, 1.807) is 38.9 Å². The minimum atomic E-state index is -0.200. The molecule has 0 fully saturated rings. The molecule has 0 bridgehead atoms. The normalized spacial score (nSPS) is 12.1. The van der Waals surface area contributed by atoms with E-state index in [2.05, 4.69) is 20.3 Å². The Morgan fingerprint density at radius 3 is 2.69 bits per heavy atom. The lowest BCUT2D eigenvalue weighted by molar-refractivity contribution is -0.117. The number of carbonyl (C=O) groups is 1. The predicted molar refractivity (Wildman–Crippen MR) is 124 cm³/mol. The molecule has 3 aromatic heterocycles. The largest absolute Gasteiger partial charge is 0.493 e. The second kappa shape index (κ2) is 9.34. The zero-order chi connectivity index (χ0) is 22.5. The van der Waals surface area contributed by atoms with Gasteiger partial charge in [-0.15, -0.1) is 0 Å². The fraction of sp³-hybridized carbons (Fsp3) is 0.160. The van der Waals surface area contributed by atoms with Gasteiger partial charge in [0.05, 0.1) is 20.3 Å². The third-order valence-corrected chi connectivity index (χ3v) is 5.24. The van der Waals surface area contributed by atoms with Crippen LogP contribution in [0.3, 0.4) is 0 Å². The summed E-state index contributed by atoms with van der Waals surface area (Å²) in [6.45, 7) is 1.92. The molecule has 32 heavy (non-hydrogen) atoms. The van der Waals surface area contributed by atoms with Gasteiger partial charge in [-0.25, -0.2) is 4.98 Å². The van der Waals surface area contributed by atoms with Gasteiger partial charge in [0.1, 0.15) is 5.65 Å². The van der Waals surface area contributed by atoms with Crippen molar-refractivity contribution < 1.29 is 14.3 Å². The molecular formula is C25H24N4O3. The van der Waals surface area contributed by atoms with Crippen LogP contribution in [0.15, 0.2) is 67.3 Å². The van der Waals surface area contributed by atoms with Crippen LogP contribution in [0.5, 0.6) is 11.5 Å². The van der Waals surface area contributed by atoms with E-state index in [-0.39, 0.29) is 11.9 Å². The molecule has 4 rings (SSSR count). The summed E-state index contributed by atoms with van der Waals surface area (Å²) in [5.41, 5.74) is 4.51. The van der Waals surface area contributed by atoms with Crippen LogP contribution in [-0.4, -0.2) is 35.1 Å². The molecule has 0 unspecified atom stereocenters. The van der Waals surface area contributed by atoms with Gasteiger partial charge < -0.3 is 19.8 Å². The number of pyridine rings is 2. The Bertz CT molecular complexity index is 1260. The number of methoxy groups -OCH3 is 2. The molecule has 2 N–H and O–H groups in total. The van der Waals surface area contributed by atoms with Crippen LogP contribution in [0, 0.1) is 0 Å². The Balaban J connectivity index is 1.50. The molecule has 0 saturated heterocycles. The van der Waals surface area contributed by atoms with Gasteiger partial charge in [-0.05, 0) is 42.8 Å². The number of hydrogen-bond donors (Lipinski definition) is 2. The van der Waals surface area contributed by atoms with Gasteiger partial charge >= 0.3 is 0 Å². The van der Waals surface area contributed by atoms with Crippen molar-refractivity contribution in [3.8, 4) is 22.6 Å². The first-order valence-corrected chi connectivity index (χ1v) is 10.2. The summed E-state index contributed by atoms with van der Waals surface area (Å²) < 4.78 is 10.6. The number of hydrogen-bond acceptors (Lipinski definition) is 5. The number of aromatic nitrogens is 3. The molecule has 4 aromatic rings. The third-order valence-electron chi connectivity index (χ3n) is 5.24. The van der Waals surface area contributed by atoms with Gasteiger partial charge in [-0.2, -0.15) is 0 Å². The van der Waals surface area contributed by atoms with Crippen molar-refractivity contribution >= 4 is 23.0 Å². The fourth-order valence-corrected chi connectivity index (χ4v) is 3.49. The summed E-state index contributed by atoms with van der Waals surface area (Å²) in [4.78, 5) is 24.3. The van der Waals surface area contributed by atoms with Crippen molar-refractivity contribution in [1.82, 2.24) is 20.3 Å². The van der Waals surface area contributed by atoms with Gasteiger partial charge in [0.2, 0.25) is 5.91 Å². The second-order valence-electron chi connectivity index (χ2n) is 7.28. The molecule has 1 atom stereocenters. The van der Waals surface area contributed by atoms with Crippen molar-refractivity contribution in [3.63, 3.8) is 0 Å². The van der Waals surface area contributed by atoms with Gasteiger partial charge in [0.25, 0.3) is 0 Å². The van der Waals surface area contributed by atoms with Crippen LogP contribution < -0.4 is 14.8 Å². The first kappa shape index (κ1) is 21.1. The average Bonchev–Trinajstić information content (AvgIpc) is 3.25. The standard InChI is InChI=1S/C25H24N4O3/c1-16(17-6-8-22(31-2)23(12-17)32-3)29-24(30)9-7-19-14-27-25-21(19)11-20(15-28-25)18-5-4-10-26-13-18/h4-16H,1-3H3,(H,27,28)(H,29,30)/b9-7+/t16-/m1/s1. The van der Waals surface area contributed by atoms with Crippen LogP contribution in [0.4, 0.5) is 0 Å². The minimum Gasteiger partial charge on any atom is -0.493 e. The number of ether oxygens (including phenoxy) is 2. The van der Waals surface area contributed by atoms with E-state index >= 15 is 0 Å². The van der Waals surface area contributed by atoms with Gasteiger partial charge in [-0.3, -0.25) is 9.78 Å². The number of rotatable bonds is 7. The lowest BCUT2D eigenvalue weighted by Gasteiger charge is -2.15. The number of amides is 1. The first-order valence-electron chi connectivity index (χ1n) is 10.2. The SMILES string of the molecule is COc1ccc([C@@H](C)NC(=O)/C=C/c2c[nH]c3ncc(-c4cccnc4)cc23)cc1OC. The molecule has 0 saturated carbocycles. The van der Waals surface area contributed by atoms with Gasteiger partial charge in [0, 0.05) is 52.9 Å². The number of carbonyl (C=O) groups excluding carboxylic acids is 1. The Hall–Kier alpha value is -4.13. The first-order chi connectivity index (χ1) is 15.6. The molecular weight excluding hydrogens is 404 g/mol. The Morgan fingerprint density at radius 1 is 1.09 bits per heavy atom. The van der Waals surface area contributed by atoms with Crippen LogP contribution in [0.2, 0.25) is 0 Å². The van der Waals surface area contributed by atoms with Crippen LogP contribution in [0.1, 0.15) is 24.1 Å². The Kier molecular flexibility index (Phi) is 6.17. The average molecular weight is 428 g/mol. The molecule has 3 heterocycles. The molecule has 0 aliphatic rings. The fourth-order valence-electron chi connectivity index (χ4n) is 3.49. The molecule has 7 nitrogen and oxygen atoms in total. The smallest absolute Gasteiger partial charge is 0.244 e. The summed E-state index contributed by atoms with van der Waals surface area (Å²) in [6.07, 6.45) is 10.5. The quantitative estimate of drug-likeness (QED) is 0.422. The van der Waals surface area contributed by atoms with Gasteiger partial charge in [-0.1, -0.05) is 12.1 Å². The number of aromatic amines is 1. The van der Waals surface area contributed by atoms with Crippen molar-refractivity contribution in [2.45, 2.75) is 13.0 Å². The molecule has 7 heteroatoms. The van der Waals surface area contributed by atoms with E-state index in [1.165, 1.54) is 6.08 Å². The zero-order valence-corrected chi connectivity index (χ0v) is 18.1. The lowest BCUT2D eigenvalue weighted by atomic mass is 10.1. The van der Waals surface area contributed by atoms with E-state index in [0.717, 1.165) is 33.3 Å². The predicted octanol–water partition coefficient (Wildman–Crippen LogP) is 4.53. The lowest BCUT2D eigenvalue weighted by Crippen LogP contribution is -2.24. The van der Waals surface area contributed by atoms with Crippen molar-refractivity contribution in [2.24, 2.45) is 0 Å². The Morgan fingerprint density at radius 2 is 1.94 bits per heavy atom. The summed E-state index contributed by atoms with van der Waals surface area (Å²) in [6, 6.07) is 11.3. The number of H-pyrrole nitrogens is 1. The Labute approximate surface area is 186 Å². The van der Waals surface area contributed by atoms with Crippen LogP contribution in [-0.2, 0) is 4.79 Å². The topological polar surface area (TPSA) is 89.1 Å². The van der Waals surface area contributed by atoms with Crippen molar-refractivity contribution in [3.05, 3.63) is 78.4 Å². The van der Waals surface area contributed by atoms with E-state index < -0.39 is 0 Å². The highest BCUT2D eigenvalue weighted by Crippen LogP contribution is 2.30. The van der Waals surface area contributed by atoms with Crippen LogP contribution >= 0.6 is 0 Å². The molecule has 0 radical (unpaired) electrons. The maximum atomic E-state index is 12.5. The second-order valence-corrected chi connectivity index (χ2v) is 7.28. The summed E-state index contributed by atoms with van der Waals surface area (Å²) >= 11 is 0. The highest BCUT2D eigenvalue weighted by atomic mass is 16.5. The number of benzene rings is 1. The molecule has 0 spiro atoms. The molecule has 162 valence electrons. The summed E-state index contributed by atoms with van der Waals surface area (Å²) in [5.74, 6) is 1.07. The number of nitrogens with one attached hydrogen (secondary N) is 2. The van der Waals surface area contributed by atoms with Crippen LogP contribution in [0.25, 0.3) is 28.2 Å².